The molecule has 23 heavy (non-hydrogen) atoms. The van der Waals surface area contributed by atoms with Crippen LogP contribution < -0.4 is 0 Å². The van der Waals surface area contributed by atoms with E-state index in [4.69, 9.17) is 10.2 Å². The van der Waals surface area contributed by atoms with E-state index in [-0.39, 0.29) is 43.7 Å². The molecule has 0 saturated heterocycles. The molecule has 0 bridgehead atoms. The molecule has 7 nitrogen and oxygen atoms in total. The van der Waals surface area contributed by atoms with E-state index in [2.05, 4.69) is 0 Å². The maximum Gasteiger partial charge on any atom is 0.303 e. The van der Waals surface area contributed by atoms with Gasteiger partial charge in [-0.05, 0) is 19.3 Å². The van der Waals surface area contributed by atoms with E-state index in [1.807, 2.05) is 0 Å². The Morgan fingerprint density at radius 1 is 0.913 bits per heavy atom. The van der Waals surface area contributed by atoms with Gasteiger partial charge in [-0.3, -0.25) is 19.2 Å². The number of ketones is 2. The topological polar surface area (TPSA) is 129 Å². The van der Waals surface area contributed by atoms with Gasteiger partial charge in [0.25, 0.3) is 0 Å². The number of aliphatic carboxylic acids is 2. The van der Waals surface area contributed by atoms with E-state index in [9.17, 15) is 24.3 Å². The lowest BCUT2D eigenvalue weighted by molar-refractivity contribution is -0.138. The lowest BCUT2D eigenvalue weighted by atomic mass is 9.85. The quantitative estimate of drug-likeness (QED) is 0.489. The summed E-state index contributed by atoms with van der Waals surface area (Å²) >= 11 is 0. The summed E-state index contributed by atoms with van der Waals surface area (Å²) in [6, 6.07) is 0. The van der Waals surface area contributed by atoms with Gasteiger partial charge in [-0.15, -0.1) is 0 Å². The van der Waals surface area contributed by atoms with Gasteiger partial charge in [0.1, 0.15) is 11.6 Å². The van der Waals surface area contributed by atoms with Crippen LogP contribution in [0.15, 0.2) is 0 Å². The van der Waals surface area contributed by atoms with Crippen LogP contribution in [0, 0.1) is 11.8 Å². The third-order valence-electron chi connectivity index (χ3n) is 4.28. The zero-order valence-corrected chi connectivity index (χ0v) is 13.1. The average molecular weight is 328 g/mol. The van der Waals surface area contributed by atoms with E-state index >= 15 is 0 Å². The minimum absolute atomic E-state index is 0.0836. The molecule has 0 aromatic carbocycles. The van der Waals surface area contributed by atoms with E-state index in [1.165, 1.54) is 0 Å². The summed E-state index contributed by atoms with van der Waals surface area (Å²) < 4.78 is 0. The van der Waals surface area contributed by atoms with Crippen LogP contribution in [0.3, 0.4) is 0 Å². The molecule has 1 aliphatic rings. The lowest BCUT2D eigenvalue weighted by Gasteiger charge is -2.19. The van der Waals surface area contributed by atoms with Gasteiger partial charge in [-0.25, -0.2) is 0 Å². The van der Waals surface area contributed by atoms with E-state index in [1.54, 1.807) is 0 Å². The first-order valence-electron chi connectivity index (χ1n) is 8.00. The van der Waals surface area contributed by atoms with Crippen LogP contribution in [0.5, 0.6) is 0 Å². The number of carboxylic acid groups (broad SMARTS) is 2. The first kappa shape index (κ1) is 19.3. The molecule has 1 saturated carbocycles. The molecular formula is C16H24O7. The molecule has 3 unspecified atom stereocenters. The molecule has 0 amide bonds. The van der Waals surface area contributed by atoms with E-state index < -0.39 is 29.9 Å². The second-order valence-electron chi connectivity index (χ2n) is 6.08. The Hall–Kier alpha value is -1.76. The van der Waals surface area contributed by atoms with Crippen LogP contribution in [0.1, 0.15) is 57.8 Å². The van der Waals surface area contributed by atoms with Gasteiger partial charge in [0.15, 0.2) is 0 Å². The molecule has 0 aliphatic heterocycles. The minimum Gasteiger partial charge on any atom is -0.481 e. The number of aliphatic hydroxyl groups excluding tert-OH is 1. The smallest absolute Gasteiger partial charge is 0.303 e. The monoisotopic (exact) mass is 328 g/mol. The summed E-state index contributed by atoms with van der Waals surface area (Å²) in [5, 5.41) is 27.1. The first-order valence-corrected chi connectivity index (χ1v) is 8.00. The zero-order chi connectivity index (χ0) is 17.4. The van der Waals surface area contributed by atoms with Crippen molar-refractivity contribution in [2.45, 2.75) is 63.9 Å². The second-order valence-corrected chi connectivity index (χ2v) is 6.08. The minimum atomic E-state index is -1.02. The Bertz CT molecular complexity index is 457. The number of unbranched alkanes of at least 4 members (excludes halogenated alkanes) is 3. The molecule has 0 spiro atoms. The Morgan fingerprint density at radius 2 is 1.48 bits per heavy atom. The van der Waals surface area contributed by atoms with Crippen molar-refractivity contribution in [2.24, 2.45) is 11.8 Å². The number of carboxylic acids is 2. The van der Waals surface area contributed by atoms with E-state index in [0.717, 1.165) is 6.42 Å². The van der Waals surface area contributed by atoms with Crippen LogP contribution >= 0.6 is 0 Å². The maximum absolute atomic E-state index is 12.2. The Labute approximate surface area is 134 Å². The molecular weight excluding hydrogens is 304 g/mol. The van der Waals surface area contributed by atoms with Crippen molar-refractivity contribution >= 4 is 23.5 Å². The predicted molar refractivity (Wildman–Crippen MR) is 79.8 cm³/mol. The summed E-state index contributed by atoms with van der Waals surface area (Å²) in [7, 11) is 0. The van der Waals surface area contributed by atoms with Crippen molar-refractivity contribution in [3.8, 4) is 0 Å². The summed E-state index contributed by atoms with van der Waals surface area (Å²) in [4.78, 5) is 45.1. The van der Waals surface area contributed by atoms with Crippen molar-refractivity contribution < 1.29 is 34.5 Å². The Morgan fingerprint density at radius 3 is 2.04 bits per heavy atom. The molecule has 1 fully saturated rings. The highest BCUT2D eigenvalue weighted by Crippen LogP contribution is 2.34. The summed E-state index contributed by atoms with van der Waals surface area (Å²) in [6.45, 7) is 0. The summed E-state index contributed by atoms with van der Waals surface area (Å²) in [5.41, 5.74) is 0. The van der Waals surface area contributed by atoms with Crippen molar-refractivity contribution in [1.29, 1.82) is 0 Å². The molecule has 0 aromatic heterocycles. The zero-order valence-electron chi connectivity index (χ0n) is 13.1. The Kier molecular flexibility index (Phi) is 7.88. The fourth-order valence-corrected chi connectivity index (χ4v) is 3.11. The molecule has 0 heterocycles. The highest BCUT2D eigenvalue weighted by Gasteiger charge is 2.44. The second kappa shape index (κ2) is 9.39. The normalized spacial score (nSPS) is 23.9. The van der Waals surface area contributed by atoms with Crippen LogP contribution in [0.4, 0.5) is 0 Å². The summed E-state index contributed by atoms with van der Waals surface area (Å²) in [6.07, 6.45) is 1.72. The third-order valence-corrected chi connectivity index (χ3v) is 4.28. The number of hydrogen-bond acceptors (Lipinski definition) is 5. The molecule has 3 atom stereocenters. The molecule has 7 heteroatoms. The molecule has 3 N–H and O–H groups in total. The van der Waals surface area contributed by atoms with Gasteiger partial charge in [-0.1, -0.05) is 12.8 Å². The lowest BCUT2D eigenvalue weighted by Crippen LogP contribution is -2.29. The molecule has 0 radical (unpaired) electrons. The van der Waals surface area contributed by atoms with Crippen LogP contribution in [-0.4, -0.2) is 44.9 Å². The molecule has 1 rings (SSSR count). The van der Waals surface area contributed by atoms with Gasteiger partial charge in [-0.2, -0.15) is 0 Å². The van der Waals surface area contributed by atoms with Crippen molar-refractivity contribution in [3.63, 3.8) is 0 Å². The van der Waals surface area contributed by atoms with Gasteiger partial charge < -0.3 is 15.3 Å². The van der Waals surface area contributed by atoms with Gasteiger partial charge in [0.05, 0.1) is 12.0 Å². The van der Waals surface area contributed by atoms with Crippen molar-refractivity contribution in [1.82, 2.24) is 0 Å². The molecule has 130 valence electrons. The Balaban J connectivity index is 2.40. The largest absolute Gasteiger partial charge is 0.481 e. The van der Waals surface area contributed by atoms with Gasteiger partial charge >= 0.3 is 11.9 Å². The van der Waals surface area contributed by atoms with Gasteiger partial charge in [0, 0.05) is 31.6 Å². The van der Waals surface area contributed by atoms with Crippen LogP contribution in [0.25, 0.3) is 0 Å². The van der Waals surface area contributed by atoms with Crippen LogP contribution in [0.2, 0.25) is 0 Å². The molecule has 0 aromatic rings. The SMILES string of the molecule is O=C(O)CCCCCCC(=O)C1C(O)CC(=O)C1CCC(=O)O. The fraction of sp³-hybridized carbons (Fsp3) is 0.750. The summed E-state index contributed by atoms with van der Waals surface area (Å²) in [5.74, 6) is -3.78. The maximum atomic E-state index is 12.2. The first-order chi connectivity index (χ1) is 10.8. The fourth-order valence-electron chi connectivity index (χ4n) is 3.11. The predicted octanol–water partition coefficient (Wildman–Crippen LogP) is 1.41. The van der Waals surface area contributed by atoms with Gasteiger partial charge in [0.2, 0.25) is 0 Å². The molecule has 1 aliphatic carbocycles. The van der Waals surface area contributed by atoms with Crippen molar-refractivity contribution in [2.75, 3.05) is 0 Å². The van der Waals surface area contributed by atoms with E-state index in [0.29, 0.717) is 19.3 Å². The number of hydrogen-bond donors (Lipinski definition) is 3. The average Bonchev–Trinajstić information content (AvgIpc) is 2.73. The van der Waals surface area contributed by atoms with Crippen LogP contribution in [-0.2, 0) is 19.2 Å². The standard InChI is InChI=1S/C16H24O7/c17-11(5-3-1-2-4-6-14(20)21)16-10(7-8-15(22)23)12(18)9-13(16)19/h10,13,16,19H,1-9H2,(H,20,21)(H,22,23). The number of Topliss-reactive ketones (excluding diaryl/α,β-unsaturated/α-hetero) is 2. The highest BCUT2D eigenvalue weighted by molar-refractivity contribution is 5.94. The van der Waals surface area contributed by atoms with Crippen molar-refractivity contribution in [3.05, 3.63) is 0 Å². The number of carbonyl (C=O) groups excluding carboxylic acids is 2. The number of aliphatic hydroxyl groups is 1. The number of carbonyl (C=O) groups is 4. The number of rotatable bonds is 11. The highest BCUT2D eigenvalue weighted by atomic mass is 16.4. The third kappa shape index (κ3) is 6.48.